The Kier molecular flexibility index (Phi) is 3.42. The Hall–Kier alpha value is -1.92. The van der Waals surface area contributed by atoms with E-state index in [9.17, 15) is 4.79 Å². The number of aromatic nitrogens is 3. The summed E-state index contributed by atoms with van der Waals surface area (Å²) in [5.74, 6) is -0.254. The monoisotopic (exact) mass is 350 g/mol. The maximum absolute atomic E-state index is 12.3. The van der Waals surface area contributed by atoms with Gasteiger partial charge in [-0.25, -0.2) is 4.52 Å². The van der Waals surface area contributed by atoms with E-state index in [1.807, 2.05) is 0 Å². The van der Waals surface area contributed by atoms with Gasteiger partial charge in [0.1, 0.15) is 0 Å². The molecule has 2 aromatic heterocycles. The summed E-state index contributed by atoms with van der Waals surface area (Å²) in [7, 11) is 0. The second kappa shape index (κ2) is 5.22. The molecule has 0 bridgehead atoms. The van der Waals surface area contributed by atoms with Crippen LogP contribution >= 0.6 is 27.5 Å². The number of halogens is 2. The first kappa shape index (κ1) is 13.1. The molecule has 3 rings (SSSR count). The zero-order valence-corrected chi connectivity index (χ0v) is 12.4. The highest BCUT2D eigenvalue weighted by molar-refractivity contribution is 9.10. The van der Waals surface area contributed by atoms with Crippen LogP contribution in [-0.4, -0.2) is 20.5 Å². The topological polar surface area (TPSA) is 59.3 Å². The minimum atomic E-state index is -0.254. The SMILES string of the molecule is O=C(Nc1ccc(Cl)cc1Br)c1cnn2ccncc12. The van der Waals surface area contributed by atoms with Gasteiger partial charge in [0, 0.05) is 21.9 Å². The van der Waals surface area contributed by atoms with Gasteiger partial charge in [0.15, 0.2) is 0 Å². The highest BCUT2D eigenvalue weighted by atomic mass is 79.9. The zero-order valence-electron chi connectivity index (χ0n) is 10.0. The molecule has 5 nitrogen and oxygen atoms in total. The Balaban J connectivity index is 1.93. The van der Waals surface area contributed by atoms with Gasteiger partial charge in [0.25, 0.3) is 5.91 Å². The van der Waals surface area contributed by atoms with E-state index in [4.69, 9.17) is 11.6 Å². The van der Waals surface area contributed by atoms with E-state index in [1.54, 1.807) is 41.3 Å². The van der Waals surface area contributed by atoms with Crippen molar-refractivity contribution >= 4 is 44.6 Å². The first-order valence-electron chi connectivity index (χ1n) is 5.69. The first-order valence-corrected chi connectivity index (χ1v) is 6.86. The molecule has 1 N–H and O–H groups in total. The molecule has 0 saturated carbocycles. The van der Waals surface area contributed by atoms with E-state index in [1.165, 1.54) is 6.20 Å². The highest BCUT2D eigenvalue weighted by Gasteiger charge is 2.14. The van der Waals surface area contributed by atoms with Crippen molar-refractivity contribution in [2.24, 2.45) is 0 Å². The molecule has 7 heteroatoms. The third-order valence-electron chi connectivity index (χ3n) is 2.75. The number of nitrogens with one attached hydrogen (secondary N) is 1. The van der Waals surface area contributed by atoms with Crippen molar-refractivity contribution in [3.05, 3.63) is 58.0 Å². The second-order valence-electron chi connectivity index (χ2n) is 4.04. The molecule has 100 valence electrons. The van der Waals surface area contributed by atoms with Crippen LogP contribution in [0, 0.1) is 0 Å². The highest BCUT2D eigenvalue weighted by Crippen LogP contribution is 2.26. The smallest absolute Gasteiger partial charge is 0.259 e. The summed E-state index contributed by atoms with van der Waals surface area (Å²) in [6.07, 6.45) is 6.40. The summed E-state index contributed by atoms with van der Waals surface area (Å²) in [6, 6.07) is 5.16. The molecule has 0 aliphatic rings. The lowest BCUT2D eigenvalue weighted by Crippen LogP contribution is -2.12. The molecule has 20 heavy (non-hydrogen) atoms. The summed E-state index contributed by atoms with van der Waals surface area (Å²) in [5, 5.41) is 7.50. The first-order chi connectivity index (χ1) is 9.65. The Morgan fingerprint density at radius 1 is 1.35 bits per heavy atom. The van der Waals surface area contributed by atoms with Gasteiger partial charge >= 0.3 is 0 Å². The van der Waals surface area contributed by atoms with E-state index < -0.39 is 0 Å². The normalized spacial score (nSPS) is 10.7. The van der Waals surface area contributed by atoms with Gasteiger partial charge < -0.3 is 5.32 Å². The molecule has 0 saturated heterocycles. The number of anilines is 1. The lowest BCUT2D eigenvalue weighted by molar-refractivity contribution is 0.102. The quantitative estimate of drug-likeness (QED) is 0.770. The number of amides is 1. The fraction of sp³-hybridized carbons (Fsp3) is 0. The summed E-state index contributed by atoms with van der Waals surface area (Å²) in [4.78, 5) is 16.3. The minimum absolute atomic E-state index is 0.254. The predicted molar refractivity (Wildman–Crippen MR) is 80.1 cm³/mol. The largest absolute Gasteiger partial charge is 0.321 e. The standard InChI is InChI=1S/C13H8BrClN4O/c14-10-5-8(15)1-2-11(10)18-13(20)9-6-17-19-4-3-16-7-12(9)19/h1-7H,(H,18,20). The Morgan fingerprint density at radius 2 is 2.20 bits per heavy atom. The van der Waals surface area contributed by atoms with Crippen molar-refractivity contribution in [1.29, 1.82) is 0 Å². The van der Waals surface area contributed by atoms with Crippen LogP contribution in [0.1, 0.15) is 10.4 Å². The summed E-state index contributed by atoms with van der Waals surface area (Å²) in [5.41, 5.74) is 1.75. The third kappa shape index (κ3) is 2.39. The molecule has 2 heterocycles. The van der Waals surface area contributed by atoms with Crippen LogP contribution in [0.2, 0.25) is 5.02 Å². The maximum Gasteiger partial charge on any atom is 0.259 e. The fourth-order valence-corrected chi connectivity index (χ4v) is 2.57. The van der Waals surface area contributed by atoms with Gasteiger partial charge in [-0.3, -0.25) is 9.78 Å². The van der Waals surface area contributed by atoms with Crippen molar-refractivity contribution in [3.63, 3.8) is 0 Å². The van der Waals surface area contributed by atoms with Gasteiger partial charge in [0.05, 0.1) is 29.2 Å². The molecule has 3 aromatic rings. The number of fused-ring (bicyclic) bond motifs is 1. The number of nitrogens with zero attached hydrogens (tertiary/aromatic N) is 3. The van der Waals surface area contributed by atoms with Crippen molar-refractivity contribution in [1.82, 2.24) is 14.6 Å². The molecule has 0 spiro atoms. The second-order valence-corrected chi connectivity index (χ2v) is 5.33. The van der Waals surface area contributed by atoms with Crippen LogP contribution in [0.15, 0.2) is 47.5 Å². The van der Waals surface area contributed by atoms with Crippen LogP contribution in [-0.2, 0) is 0 Å². The number of carbonyl (C=O) groups excluding carboxylic acids is 1. The molecule has 1 aromatic carbocycles. The van der Waals surface area contributed by atoms with Crippen LogP contribution < -0.4 is 5.32 Å². The number of rotatable bonds is 2. The molecule has 0 fully saturated rings. The summed E-state index contributed by atoms with van der Waals surface area (Å²) in [6.45, 7) is 0. The average molecular weight is 352 g/mol. The van der Waals surface area contributed by atoms with E-state index in [2.05, 4.69) is 31.3 Å². The molecule has 0 atom stereocenters. The van der Waals surface area contributed by atoms with Crippen LogP contribution in [0.25, 0.3) is 5.52 Å². The van der Waals surface area contributed by atoms with E-state index >= 15 is 0 Å². The predicted octanol–water partition coefficient (Wildman–Crippen LogP) is 3.40. The molecule has 0 radical (unpaired) electrons. The van der Waals surface area contributed by atoms with Crippen LogP contribution in [0.4, 0.5) is 5.69 Å². The molecular formula is C13H8BrClN4O. The van der Waals surface area contributed by atoms with Gasteiger partial charge in [0.2, 0.25) is 0 Å². The zero-order chi connectivity index (χ0) is 14.1. The number of benzene rings is 1. The Morgan fingerprint density at radius 3 is 3.00 bits per heavy atom. The number of hydrogen-bond donors (Lipinski definition) is 1. The van der Waals surface area contributed by atoms with Crippen molar-refractivity contribution in [2.75, 3.05) is 5.32 Å². The van der Waals surface area contributed by atoms with Crippen molar-refractivity contribution in [3.8, 4) is 0 Å². The van der Waals surface area contributed by atoms with Gasteiger partial charge in [-0.2, -0.15) is 5.10 Å². The van der Waals surface area contributed by atoms with Crippen molar-refractivity contribution < 1.29 is 4.79 Å². The minimum Gasteiger partial charge on any atom is -0.321 e. The van der Waals surface area contributed by atoms with Gasteiger partial charge in [-0.05, 0) is 34.1 Å². The fourth-order valence-electron chi connectivity index (χ4n) is 1.79. The lowest BCUT2D eigenvalue weighted by Gasteiger charge is -2.06. The average Bonchev–Trinajstić information content (AvgIpc) is 2.86. The number of hydrogen-bond acceptors (Lipinski definition) is 3. The molecule has 1 amide bonds. The Bertz CT molecular complexity index is 802. The van der Waals surface area contributed by atoms with Gasteiger partial charge in [-0.1, -0.05) is 11.6 Å². The maximum atomic E-state index is 12.3. The third-order valence-corrected chi connectivity index (χ3v) is 3.64. The Labute approximate surface area is 127 Å². The van der Waals surface area contributed by atoms with E-state index in [0.717, 1.165) is 0 Å². The molecule has 0 unspecified atom stereocenters. The number of carbonyl (C=O) groups is 1. The van der Waals surface area contributed by atoms with Crippen molar-refractivity contribution in [2.45, 2.75) is 0 Å². The summed E-state index contributed by atoms with van der Waals surface area (Å²) >= 11 is 9.22. The van der Waals surface area contributed by atoms with E-state index in [0.29, 0.717) is 26.3 Å². The lowest BCUT2D eigenvalue weighted by atomic mass is 10.2. The molecule has 0 aliphatic carbocycles. The molecular weight excluding hydrogens is 344 g/mol. The molecule has 0 aliphatic heterocycles. The van der Waals surface area contributed by atoms with Gasteiger partial charge in [-0.15, -0.1) is 0 Å². The van der Waals surface area contributed by atoms with Crippen LogP contribution in [0.3, 0.4) is 0 Å². The summed E-state index contributed by atoms with van der Waals surface area (Å²) < 4.78 is 2.31. The van der Waals surface area contributed by atoms with Crippen LogP contribution in [0.5, 0.6) is 0 Å². The van der Waals surface area contributed by atoms with E-state index in [-0.39, 0.29) is 5.91 Å².